The van der Waals surface area contributed by atoms with Gasteiger partial charge >= 0.3 is 6.18 Å². The molecule has 1 aromatic carbocycles. The Morgan fingerprint density at radius 1 is 1.17 bits per heavy atom. The molecule has 1 unspecified atom stereocenters. The lowest BCUT2D eigenvalue weighted by atomic mass is 9.80. The predicted octanol–water partition coefficient (Wildman–Crippen LogP) is 4.08. The van der Waals surface area contributed by atoms with Crippen LogP contribution in [0, 0.1) is 12.7 Å². The zero-order valence-electron chi connectivity index (χ0n) is 13.0. The molecule has 24 heavy (non-hydrogen) atoms. The second-order valence-electron chi connectivity index (χ2n) is 5.37. The highest BCUT2D eigenvalue weighted by molar-refractivity contribution is 5.92. The molecule has 0 saturated carbocycles. The number of alkyl halides is 3. The van der Waals surface area contributed by atoms with Gasteiger partial charge in [0, 0.05) is 6.20 Å². The fourth-order valence-corrected chi connectivity index (χ4v) is 2.62. The minimum atomic E-state index is -4.68. The van der Waals surface area contributed by atoms with E-state index in [2.05, 4.69) is 16.7 Å². The minimum Gasteiger partial charge on any atom is -0.296 e. The van der Waals surface area contributed by atoms with Crippen LogP contribution >= 0.6 is 0 Å². The maximum Gasteiger partial charge on any atom is 0.433 e. The Balaban J connectivity index is 2.79. The number of ketones is 1. The highest BCUT2D eigenvalue weighted by atomic mass is 19.4. The standard InChI is InChI=1S/C17H14F4N2O/c1-10-6-13(8-14(18)7-10)16(22-3,11(2)24)12-4-5-23-15(9-12)17(19,20)21/h4-9H,3H2,1-2H3. The molecule has 0 aliphatic carbocycles. The second-order valence-corrected chi connectivity index (χ2v) is 5.37. The van der Waals surface area contributed by atoms with Crippen molar-refractivity contribution in [3.8, 4) is 0 Å². The molecule has 7 heteroatoms. The van der Waals surface area contributed by atoms with E-state index in [1.165, 1.54) is 25.1 Å². The number of carbonyl (C=O) groups is 1. The maximum absolute atomic E-state index is 13.8. The van der Waals surface area contributed by atoms with Gasteiger partial charge in [0.05, 0.1) is 0 Å². The van der Waals surface area contributed by atoms with Crippen molar-refractivity contribution in [3.05, 3.63) is 64.7 Å². The SMILES string of the molecule is C=NC(C(C)=O)(c1cc(C)cc(F)c1)c1ccnc(C(F)(F)F)c1. The van der Waals surface area contributed by atoms with E-state index in [1.54, 1.807) is 6.92 Å². The molecule has 0 aliphatic heterocycles. The first-order chi connectivity index (χ1) is 11.1. The number of aryl methyl sites for hydroxylation is 1. The summed E-state index contributed by atoms with van der Waals surface area (Å²) in [6.45, 7) is 6.14. The van der Waals surface area contributed by atoms with Crippen molar-refractivity contribution in [2.24, 2.45) is 4.99 Å². The summed E-state index contributed by atoms with van der Waals surface area (Å²) >= 11 is 0. The van der Waals surface area contributed by atoms with Crippen LogP contribution in [0.25, 0.3) is 0 Å². The van der Waals surface area contributed by atoms with E-state index in [1.807, 2.05) is 0 Å². The van der Waals surface area contributed by atoms with Crippen LogP contribution in [-0.2, 0) is 16.5 Å². The summed E-state index contributed by atoms with van der Waals surface area (Å²) < 4.78 is 52.6. The van der Waals surface area contributed by atoms with Crippen LogP contribution in [0.5, 0.6) is 0 Å². The van der Waals surface area contributed by atoms with Crippen molar-refractivity contribution in [1.29, 1.82) is 0 Å². The van der Waals surface area contributed by atoms with Gasteiger partial charge in [0.25, 0.3) is 0 Å². The van der Waals surface area contributed by atoms with Crippen molar-refractivity contribution < 1.29 is 22.4 Å². The third kappa shape index (κ3) is 3.06. The third-order valence-electron chi connectivity index (χ3n) is 3.67. The molecule has 0 bridgehead atoms. The van der Waals surface area contributed by atoms with Crippen molar-refractivity contribution in [1.82, 2.24) is 4.98 Å². The molecule has 1 heterocycles. The first kappa shape index (κ1) is 17.8. The fraction of sp³-hybridized carbons (Fsp3) is 0.235. The number of hydrogen-bond donors (Lipinski definition) is 0. The summed E-state index contributed by atoms with van der Waals surface area (Å²) in [7, 11) is 0. The van der Waals surface area contributed by atoms with E-state index in [9.17, 15) is 22.4 Å². The second kappa shape index (κ2) is 6.14. The Hall–Kier alpha value is -2.57. The number of benzene rings is 1. The molecule has 0 fully saturated rings. The van der Waals surface area contributed by atoms with Gasteiger partial charge in [-0.15, -0.1) is 0 Å². The molecule has 2 rings (SSSR count). The summed E-state index contributed by atoms with van der Waals surface area (Å²) in [4.78, 5) is 19.4. The van der Waals surface area contributed by atoms with Crippen LogP contribution in [0.1, 0.15) is 29.3 Å². The zero-order valence-corrected chi connectivity index (χ0v) is 13.0. The molecular weight excluding hydrogens is 324 g/mol. The minimum absolute atomic E-state index is 0.0719. The van der Waals surface area contributed by atoms with Gasteiger partial charge < -0.3 is 0 Å². The number of rotatable bonds is 4. The van der Waals surface area contributed by atoms with Gasteiger partial charge in [0.2, 0.25) is 0 Å². The molecule has 3 nitrogen and oxygen atoms in total. The smallest absolute Gasteiger partial charge is 0.296 e. The zero-order chi connectivity index (χ0) is 18.1. The number of Topliss-reactive ketones (excluding diaryl/α,β-unsaturated/α-hetero) is 1. The van der Waals surface area contributed by atoms with E-state index in [0.29, 0.717) is 5.56 Å². The van der Waals surface area contributed by atoms with Crippen molar-refractivity contribution >= 4 is 12.5 Å². The van der Waals surface area contributed by atoms with Gasteiger partial charge in [0.15, 0.2) is 11.3 Å². The summed E-state index contributed by atoms with van der Waals surface area (Å²) in [5.41, 5.74) is -2.46. The Labute approximate surface area is 136 Å². The lowest BCUT2D eigenvalue weighted by Crippen LogP contribution is -2.34. The quantitative estimate of drug-likeness (QED) is 0.623. The summed E-state index contributed by atoms with van der Waals surface area (Å²) in [5, 5.41) is 0. The topological polar surface area (TPSA) is 42.3 Å². The number of pyridine rings is 1. The van der Waals surface area contributed by atoms with Gasteiger partial charge in [-0.25, -0.2) is 4.39 Å². The number of aromatic nitrogens is 1. The number of carbonyl (C=O) groups excluding carboxylic acids is 1. The highest BCUT2D eigenvalue weighted by Crippen LogP contribution is 2.38. The van der Waals surface area contributed by atoms with Crippen LogP contribution in [0.15, 0.2) is 41.5 Å². The van der Waals surface area contributed by atoms with E-state index >= 15 is 0 Å². The highest BCUT2D eigenvalue weighted by Gasteiger charge is 2.41. The number of hydrogen-bond acceptors (Lipinski definition) is 3. The average molecular weight is 338 g/mol. The molecule has 0 N–H and O–H groups in total. The third-order valence-corrected chi connectivity index (χ3v) is 3.67. The summed E-state index contributed by atoms with van der Waals surface area (Å²) in [5.74, 6) is -1.20. The lowest BCUT2D eigenvalue weighted by molar-refractivity contribution is -0.141. The molecule has 0 saturated heterocycles. The van der Waals surface area contributed by atoms with Crippen molar-refractivity contribution in [3.63, 3.8) is 0 Å². The predicted molar refractivity (Wildman–Crippen MR) is 81.4 cm³/mol. The van der Waals surface area contributed by atoms with E-state index in [0.717, 1.165) is 18.3 Å². The molecule has 0 aliphatic rings. The molecule has 2 aromatic rings. The maximum atomic E-state index is 13.8. The van der Waals surface area contributed by atoms with Crippen molar-refractivity contribution in [2.45, 2.75) is 25.6 Å². The van der Waals surface area contributed by atoms with Crippen LogP contribution in [-0.4, -0.2) is 17.5 Å². The number of nitrogens with zero attached hydrogens (tertiary/aromatic N) is 2. The Kier molecular flexibility index (Phi) is 4.55. The van der Waals surface area contributed by atoms with Gasteiger partial charge in [0.1, 0.15) is 11.5 Å². The van der Waals surface area contributed by atoms with Crippen LogP contribution in [0.2, 0.25) is 0 Å². The molecule has 0 spiro atoms. The normalized spacial score (nSPS) is 14.1. The first-order valence-electron chi connectivity index (χ1n) is 6.91. The van der Waals surface area contributed by atoms with Crippen LogP contribution in [0.4, 0.5) is 17.6 Å². The lowest BCUT2D eigenvalue weighted by Gasteiger charge is -2.28. The fourth-order valence-electron chi connectivity index (χ4n) is 2.62. The van der Waals surface area contributed by atoms with Gasteiger partial charge in [-0.3, -0.25) is 14.8 Å². The first-order valence-corrected chi connectivity index (χ1v) is 6.91. The molecule has 1 aromatic heterocycles. The Bertz CT molecular complexity index is 781. The summed E-state index contributed by atoms with van der Waals surface area (Å²) in [6.07, 6.45) is -3.75. The van der Waals surface area contributed by atoms with Crippen LogP contribution in [0.3, 0.4) is 0 Å². The van der Waals surface area contributed by atoms with E-state index < -0.39 is 29.0 Å². The number of halogens is 4. The summed E-state index contributed by atoms with van der Waals surface area (Å²) in [6, 6.07) is 5.77. The average Bonchev–Trinajstić information content (AvgIpc) is 2.46. The molecule has 1 atom stereocenters. The van der Waals surface area contributed by atoms with Crippen LogP contribution < -0.4 is 0 Å². The molecule has 126 valence electrons. The van der Waals surface area contributed by atoms with Crippen molar-refractivity contribution in [2.75, 3.05) is 0 Å². The van der Waals surface area contributed by atoms with E-state index in [-0.39, 0.29) is 11.1 Å². The van der Waals surface area contributed by atoms with E-state index in [4.69, 9.17) is 0 Å². The van der Waals surface area contributed by atoms with Gasteiger partial charge in [-0.2, -0.15) is 13.2 Å². The Morgan fingerprint density at radius 2 is 1.83 bits per heavy atom. The van der Waals surface area contributed by atoms with Gasteiger partial charge in [-0.1, -0.05) is 6.07 Å². The van der Waals surface area contributed by atoms with Gasteiger partial charge in [-0.05, 0) is 61.5 Å². The number of aliphatic imine (C=N–C) groups is 1. The molecule has 0 amide bonds. The molecular formula is C17H14F4N2O. The monoisotopic (exact) mass is 338 g/mol. The molecule has 0 radical (unpaired) electrons. The Morgan fingerprint density at radius 3 is 2.33 bits per heavy atom. The largest absolute Gasteiger partial charge is 0.433 e.